The van der Waals surface area contributed by atoms with Crippen LogP contribution in [0, 0.1) is 11.6 Å². The Bertz CT molecular complexity index is 1740. The molecule has 0 bridgehead atoms. The summed E-state index contributed by atoms with van der Waals surface area (Å²) in [6.07, 6.45) is 6.71. The molecule has 0 fully saturated rings. The lowest BCUT2D eigenvalue weighted by atomic mass is 10.0. The first-order chi connectivity index (χ1) is 18.5. The van der Waals surface area contributed by atoms with E-state index in [1.165, 1.54) is 18.4 Å². The highest BCUT2D eigenvalue weighted by Gasteiger charge is 2.14. The van der Waals surface area contributed by atoms with Gasteiger partial charge in [0.25, 0.3) is 0 Å². The van der Waals surface area contributed by atoms with Crippen molar-refractivity contribution in [3.8, 4) is 22.5 Å². The summed E-state index contributed by atoms with van der Waals surface area (Å²) in [5, 5.41) is 9.77. The van der Waals surface area contributed by atoms with Crippen LogP contribution in [0.3, 0.4) is 0 Å². The van der Waals surface area contributed by atoms with E-state index in [-0.39, 0.29) is 12.1 Å². The monoisotopic (exact) mass is 510 g/mol. The SMILES string of the molecule is O=C(NCc1ccco1)Nc1cc(-c2ccc(F)cc2F)cc(-n2cnc3cc(-n4cccn4)ccc32)c1. The van der Waals surface area contributed by atoms with E-state index >= 15 is 0 Å². The fourth-order valence-corrected chi connectivity index (χ4v) is 4.23. The number of aromatic nitrogens is 4. The van der Waals surface area contributed by atoms with Crippen molar-refractivity contribution in [2.75, 3.05) is 5.32 Å². The molecule has 2 N–H and O–H groups in total. The number of anilines is 1. The van der Waals surface area contributed by atoms with Crippen molar-refractivity contribution in [1.29, 1.82) is 0 Å². The topological polar surface area (TPSA) is 89.9 Å². The van der Waals surface area contributed by atoms with Crippen molar-refractivity contribution in [2.24, 2.45) is 0 Å². The molecule has 0 spiro atoms. The lowest BCUT2D eigenvalue weighted by molar-refractivity contribution is 0.251. The number of amides is 2. The van der Waals surface area contributed by atoms with E-state index in [1.54, 1.807) is 47.5 Å². The smallest absolute Gasteiger partial charge is 0.319 e. The van der Waals surface area contributed by atoms with E-state index < -0.39 is 17.7 Å². The number of rotatable bonds is 6. The Morgan fingerprint density at radius 1 is 0.974 bits per heavy atom. The molecule has 0 saturated heterocycles. The van der Waals surface area contributed by atoms with Gasteiger partial charge in [-0.3, -0.25) is 4.57 Å². The summed E-state index contributed by atoms with van der Waals surface area (Å²) in [6, 6.07) is 19.1. The number of furan rings is 1. The Kier molecular flexibility index (Phi) is 5.89. The molecule has 3 aromatic carbocycles. The quantitative estimate of drug-likeness (QED) is 0.285. The van der Waals surface area contributed by atoms with Crippen LogP contribution in [0.2, 0.25) is 0 Å². The van der Waals surface area contributed by atoms with Crippen LogP contribution in [0.5, 0.6) is 0 Å². The van der Waals surface area contributed by atoms with Gasteiger partial charge in [-0.05, 0) is 72.3 Å². The van der Waals surface area contributed by atoms with E-state index in [9.17, 15) is 13.6 Å². The van der Waals surface area contributed by atoms with Crippen LogP contribution in [0.25, 0.3) is 33.5 Å². The first-order valence-corrected chi connectivity index (χ1v) is 11.7. The number of hydrogen-bond acceptors (Lipinski definition) is 4. The third-order valence-corrected chi connectivity index (χ3v) is 6.00. The second-order valence-electron chi connectivity index (χ2n) is 8.52. The van der Waals surface area contributed by atoms with Gasteiger partial charge < -0.3 is 15.1 Å². The molecule has 0 atom stereocenters. The number of carbonyl (C=O) groups excluding carboxylic acids is 1. The minimum absolute atomic E-state index is 0.192. The maximum absolute atomic E-state index is 14.7. The summed E-state index contributed by atoms with van der Waals surface area (Å²) < 4.78 is 37.1. The summed E-state index contributed by atoms with van der Waals surface area (Å²) >= 11 is 0. The fourth-order valence-electron chi connectivity index (χ4n) is 4.23. The molecule has 0 aliphatic rings. The van der Waals surface area contributed by atoms with Gasteiger partial charge in [-0.15, -0.1) is 0 Å². The van der Waals surface area contributed by atoms with Gasteiger partial charge in [0.15, 0.2) is 0 Å². The molecule has 8 nitrogen and oxygen atoms in total. The average molecular weight is 511 g/mol. The van der Waals surface area contributed by atoms with Gasteiger partial charge in [0.2, 0.25) is 0 Å². The average Bonchev–Trinajstić information content (AvgIpc) is 3.69. The second-order valence-corrected chi connectivity index (χ2v) is 8.52. The van der Waals surface area contributed by atoms with E-state index in [1.807, 2.05) is 35.0 Å². The zero-order chi connectivity index (χ0) is 26.1. The molecule has 6 rings (SSSR count). The zero-order valence-electron chi connectivity index (χ0n) is 19.8. The Hall–Kier alpha value is -5.25. The minimum Gasteiger partial charge on any atom is -0.467 e. The van der Waals surface area contributed by atoms with Gasteiger partial charge >= 0.3 is 6.03 Å². The van der Waals surface area contributed by atoms with Crippen molar-refractivity contribution in [3.63, 3.8) is 0 Å². The van der Waals surface area contributed by atoms with E-state index in [0.29, 0.717) is 22.7 Å². The van der Waals surface area contributed by atoms with Crippen LogP contribution in [0.4, 0.5) is 19.3 Å². The molecule has 0 unspecified atom stereocenters. The minimum atomic E-state index is -0.713. The third kappa shape index (κ3) is 4.62. The highest BCUT2D eigenvalue weighted by atomic mass is 19.1. The summed E-state index contributed by atoms with van der Waals surface area (Å²) in [5.74, 6) is -0.788. The molecule has 3 aromatic heterocycles. The number of hydrogen-bond donors (Lipinski definition) is 2. The van der Waals surface area contributed by atoms with Crippen LogP contribution < -0.4 is 10.6 Å². The first-order valence-electron chi connectivity index (χ1n) is 11.7. The molecule has 0 aliphatic heterocycles. The van der Waals surface area contributed by atoms with Crippen molar-refractivity contribution in [1.82, 2.24) is 24.6 Å². The van der Waals surface area contributed by atoms with Crippen LogP contribution in [-0.4, -0.2) is 25.4 Å². The number of fused-ring (bicyclic) bond motifs is 1. The predicted octanol–water partition coefficient (Wildman–Crippen LogP) is 6.07. The maximum Gasteiger partial charge on any atom is 0.319 e. The molecule has 3 heterocycles. The van der Waals surface area contributed by atoms with Crippen molar-refractivity contribution < 1.29 is 18.0 Å². The number of nitrogens with one attached hydrogen (secondary N) is 2. The lowest BCUT2D eigenvalue weighted by Crippen LogP contribution is -2.28. The van der Waals surface area contributed by atoms with Crippen LogP contribution in [0.15, 0.2) is 102 Å². The third-order valence-electron chi connectivity index (χ3n) is 6.00. The van der Waals surface area contributed by atoms with Gasteiger partial charge in [0.1, 0.15) is 23.7 Å². The fraction of sp³-hybridized carbons (Fsp3) is 0.0357. The number of urea groups is 1. The van der Waals surface area contributed by atoms with E-state index in [4.69, 9.17) is 4.42 Å². The molecule has 2 amide bonds. The number of carbonyl (C=O) groups is 1. The molecule has 0 aliphatic carbocycles. The van der Waals surface area contributed by atoms with Crippen LogP contribution in [0.1, 0.15) is 5.76 Å². The number of imidazole rings is 1. The Morgan fingerprint density at radius 3 is 2.68 bits per heavy atom. The van der Waals surface area contributed by atoms with Gasteiger partial charge in [-0.1, -0.05) is 0 Å². The Morgan fingerprint density at radius 2 is 1.89 bits per heavy atom. The largest absolute Gasteiger partial charge is 0.467 e. The van der Waals surface area contributed by atoms with Gasteiger partial charge in [-0.2, -0.15) is 5.10 Å². The van der Waals surface area contributed by atoms with E-state index in [2.05, 4.69) is 20.7 Å². The van der Waals surface area contributed by atoms with Crippen LogP contribution in [-0.2, 0) is 6.54 Å². The lowest BCUT2D eigenvalue weighted by Gasteiger charge is -2.14. The summed E-state index contributed by atoms with van der Waals surface area (Å²) in [5.41, 5.74) is 4.06. The standard InChI is InChI=1S/C28H20F2N6O2/c29-19-4-6-24(25(30)13-19)18-11-20(34-28(37)31-16-23-3-1-10-38-23)14-22(12-18)35-17-32-26-15-21(5-7-27(26)35)36-9-2-8-33-36/h1-15,17H,16H2,(H2,31,34,37). The molecule has 188 valence electrons. The molecule has 38 heavy (non-hydrogen) atoms. The maximum atomic E-state index is 14.7. The van der Waals surface area contributed by atoms with E-state index in [0.717, 1.165) is 22.8 Å². The van der Waals surface area contributed by atoms with Crippen molar-refractivity contribution >= 4 is 22.8 Å². The second kappa shape index (κ2) is 9.66. The molecular weight excluding hydrogens is 490 g/mol. The number of halogens is 2. The van der Waals surface area contributed by atoms with Gasteiger partial charge in [-0.25, -0.2) is 23.2 Å². The Labute approximate surface area is 215 Å². The summed E-state index contributed by atoms with van der Waals surface area (Å²) in [6.45, 7) is 0.197. The predicted molar refractivity (Wildman–Crippen MR) is 138 cm³/mol. The normalized spacial score (nSPS) is 11.1. The number of benzene rings is 3. The van der Waals surface area contributed by atoms with Gasteiger partial charge in [0.05, 0.1) is 29.5 Å². The van der Waals surface area contributed by atoms with Gasteiger partial charge in [0, 0.05) is 35.4 Å². The van der Waals surface area contributed by atoms with Crippen LogP contribution >= 0.6 is 0 Å². The first kappa shape index (κ1) is 23.2. The molecule has 6 aromatic rings. The van der Waals surface area contributed by atoms with Crippen molar-refractivity contribution in [3.05, 3.63) is 115 Å². The summed E-state index contributed by atoms with van der Waals surface area (Å²) in [4.78, 5) is 17.1. The molecule has 0 radical (unpaired) electrons. The zero-order valence-corrected chi connectivity index (χ0v) is 19.8. The highest BCUT2D eigenvalue weighted by Crippen LogP contribution is 2.31. The molecular formula is C28H20F2N6O2. The highest BCUT2D eigenvalue weighted by molar-refractivity contribution is 5.91. The van der Waals surface area contributed by atoms with Crippen molar-refractivity contribution in [2.45, 2.75) is 6.54 Å². The number of nitrogens with zero attached hydrogens (tertiary/aromatic N) is 4. The molecule has 10 heteroatoms. The Balaban J connectivity index is 1.38. The molecule has 0 saturated carbocycles. The summed E-state index contributed by atoms with van der Waals surface area (Å²) in [7, 11) is 0.